The average molecular weight is 217 g/mol. The Hall–Kier alpha value is -1.35. The van der Waals surface area contributed by atoms with E-state index in [9.17, 15) is 0 Å². The number of para-hydroxylation sites is 2. The van der Waals surface area contributed by atoms with E-state index < -0.39 is 0 Å². The zero-order valence-electron chi connectivity index (χ0n) is 10.0. The number of H-pyrrole nitrogens is 1. The van der Waals surface area contributed by atoms with Crippen molar-refractivity contribution >= 4 is 11.0 Å². The highest BCUT2D eigenvalue weighted by Gasteiger charge is 2.01. The molecule has 0 aliphatic heterocycles. The fourth-order valence-electron chi connectivity index (χ4n) is 1.84. The Morgan fingerprint density at radius 1 is 1.19 bits per heavy atom. The zero-order chi connectivity index (χ0) is 11.4. The maximum absolute atomic E-state index is 4.56. The normalized spacial score (nSPS) is 11.4. The second-order valence-corrected chi connectivity index (χ2v) is 4.46. The highest BCUT2D eigenvalue weighted by Crippen LogP contribution is 2.11. The number of fused-ring (bicyclic) bond motifs is 1. The van der Waals surface area contributed by atoms with E-state index in [1.165, 1.54) is 12.8 Å². The van der Waals surface area contributed by atoms with Gasteiger partial charge in [-0.2, -0.15) is 0 Å². The summed E-state index contributed by atoms with van der Waals surface area (Å²) in [5.41, 5.74) is 2.22. The first-order valence-corrected chi connectivity index (χ1v) is 5.84. The molecule has 86 valence electrons. The molecule has 1 aromatic heterocycles. The van der Waals surface area contributed by atoms with Crippen molar-refractivity contribution in [3.63, 3.8) is 0 Å². The summed E-state index contributed by atoms with van der Waals surface area (Å²) in [6.45, 7) is 1.15. The van der Waals surface area contributed by atoms with Gasteiger partial charge in [0, 0.05) is 6.42 Å². The van der Waals surface area contributed by atoms with Crippen LogP contribution in [0.25, 0.3) is 11.0 Å². The Morgan fingerprint density at radius 3 is 2.75 bits per heavy atom. The molecule has 0 radical (unpaired) electrons. The molecule has 0 fully saturated rings. The van der Waals surface area contributed by atoms with Gasteiger partial charge in [-0.3, -0.25) is 0 Å². The number of aromatic nitrogens is 2. The molecule has 0 aliphatic rings. The zero-order valence-corrected chi connectivity index (χ0v) is 10.0. The Labute approximate surface area is 96.5 Å². The number of aryl methyl sites for hydroxylation is 1. The van der Waals surface area contributed by atoms with E-state index in [4.69, 9.17) is 0 Å². The topological polar surface area (TPSA) is 31.9 Å². The van der Waals surface area contributed by atoms with Gasteiger partial charge in [0.1, 0.15) is 5.82 Å². The molecule has 1 aromatic carbocycles. The minimum atomic E-state index is 1.04. The Balaban J connectivity index is 1.89. The van der Waals surface area contributed by atoms with Gasteiger partial charge in [0.05, 0.1) is 11.0 Å². The molecule has 3 heteroatoms. The summed E-state index contributed by atoms with van der Waals surface area (Å²) in [5, 5.41) is 0. The molecule has 0 atom stereocenters. The monoisotopic (exact) mass is 217 g/mol. The lowest BCUT2D eigenvalue weighted by atomic mass is 10.2. The largest absolute Gasteiger partial charge is 0.342 e. The number of benzene rings is 1. The molecular weight excluding hydrogens is 198 g/mol. The SMILES string of the molecule is CN(C)CCCCc1nc2ccccc2[nH]1. The van der Waals surface area contributed by atoms with Gasteiger partial charge in [-0.25, -0.2) is 4.98 Å². The number of hydrogen-bond donors (Lipinski definition) is 1. The molecule has 0 saturated carbocycles. The minimum absolute atomic E-state index is 1.04. The van der Waals surface area contributed by atoms with E-state index in [-0.39, 0.29) is 0 Å². The van der Waals surface area contributed by atoms with E-state index in [2.05, 4.69) is 41.1 Å². The quantitative estimate of drug-likeness (QED) is 0.780. The van der Waals surface area contributed by atoms with Crippen molar-refractivity contribution in [1.29, 1.82) is 0 Å². The van der Waals surface area contributed by atoms with E-state index >= 15 is 0 Å². The maximum Gasteiger partial charge on any atom is 0.107 e. The second kappa shape index (κ2) is 5.12. The highest BCUT2D eigenvalue weighted by atomic mass is 15.0. The third kappa shape index (κ3) is 2.83. The summed E-state index contributed by atoms with van der Waals surface area (Å²) in [6, 6.07) is 8.19. The van der Waals surface area contributed by atoms with Crippen LogP contribution in [-0.4, -0.2) is 35.5 Å². The van der Waals surface area contributed by atoms with Gasteiger partial charge in [-0.15, -0.1) is 0 Å². The Bertz CT molecular complexity index is 412. The Morgan fingerprint density at radius 2 is 2.00 bits per heavy atom. The number of hydrogen-bond acceptors (Lipinski definition) is 2. The molecule has 16 heavy (non-hydrogen) atoms. The number of nitrogens with zero attached hydrogens (tertiary/aromatic N) is 2. The molecule has 0 aliphatic carbocycles. The first kappa shape index (κ1) is 11.1. The predicted octanol–water partition coefficient (Wildman–Crippen LogP) is 2.45. The van der Waals surface area contributed by atoms with Crippen molar-refractivity contribution in [1.82, 2.24) is 14.9 Å². The van der Waals surface area contributed by atoms with Gasteiger partial charge in [-0.1, -0.05) is 12.1 Å². The van der Waals surface area contributed by atoms with E-state index in [0.29, 0.717) is 0 Å². The summed E-state index contributed by atoms with van der Waals surface area (Å²) in [6.07, 6.45) is 3.46. The molecule has 1 heterocycles. The third-order valence-electron chi connectivity index (χ3n) is 2.71. The van der Waals surface area contributed by atoms with Crippen LogP contribution in [0.15, 0.2) is 24.3 Å². The van der Waals surface area contributed by atoms with Gasteiger partial charge in [0.25, 0.3) is 0 Å². The highest BCUT2D eigenvalue weighted by molar-refractivity contribution is 5.74. The van der Waals surface area contributed by atoms with E-state index in [0.717, 1.165) is 29.8 Å². The van der Waals surface area contributed by atoms with Gasteiger partial charge in [0.15, 0.2) is 0 Å². The lowest BCUT2D eigenvalue weighted by Crippen LogP contribution is -2.12. The molecule has 0 amide bonds. The Kier molecular flexibility index (Phi) is 3.57. The first-order valence-electron chi connectivity index (χ1n) is 5.84. The van der Waals surface area contributed by atoms with Crippen LogP contribution in [0.1, 0.15) is 18.7 Å². The molecule has 0 bridgehead atoms. The molecule has 2 rings (SSSR count). The van der Waals surface area contributed by atoms with Crippen LogP contribution >= 0.6 is 0 Å². The summed E-state index contributed by atoms with van der Waals surface area (Å²) in [7, 11) is 4.22. The summed E-state index contributed by atoms with van der Waals surface area (Å²) in [4.78, 5) is 10.1. The van der Waals surface area contributed by atoms with Crippen molar-refractivity contribution < 1.29 is 0 Å². The lowest BCUT2D eigenvalue weighted by Gasteiger charge is -2.07. The average Bonchev–Trinajstić information content (AvgIpc) is 2.66. The lowest BCUT2D eigenvalue weighted by molar-refractivity contribution is 0.394. The number of rotatable bonds is 5. The van der Waals surface area contributed by atoms with E-state index in [1.54, 1.807) is 0 Å². The smallest absolute Gasteiger partial charge is 0.107 e. The minimum Gasteiger partial charge on any atom is -0.342 e. The van der Waals surface area contributed by atoms with Crippen LogP contribution in [0.3, 0.4) is 0 Å². The number of unbranched alkanes of at least 4 members (excludes halogenated alkanes) is 1. The number of aromatic amines is 1. The number of imidazole rings is 1. The fourth-order valence-corrected chi connectivity index (χ4v) is 1.84. The molecule has 1 N–H and O–H groups in total. The summed E-state index contributed by atoms with van der Waals surface area (Å²) >= 11 is 0. The van der Waals surface area contributed by atoms with Gasteiger partial charge < -0.3 is 9.88 Å². The van der Waals surface area contributed by atoms with Gasteiger partial charge >= 0.3 is 0 Å². The van der Waals surface area contributed by atoms with Crippen LogP contribution in [0.4, 0.5) is 0 Å². The van der Waals surface area contributed by atoms with Crippen LogP contribution in [0, 0.1) is 0 Å². The van der Waals surface area contributed by atoms with Crippen LogP contribution < -0.4 is 0 Å². The second-order valence-electron chi connectivity index (χ2n) is 4.46. The van der Waals surface area contributed by atoms with Crippen molar-refractivity contribution in [2.75, 3.05) is 20.6 Å². The first-order chi connectivity index (χ1) is 7.75. The molecule has 0 spiro atoms. The third-order valence-corrected chi connectivity index (χ3v) is 2.71. The maximum atomic E-state index is 4.56. The van der Waals surface area contributed by atoms with Crippen LogP contribution in [-0.2, 0) is 6.42 Å². The summed E-state index contributed by atoms with van der Waals surface area (Å²) in [5.74, 6) is 1.11. The fraction of sp³-hybridized carbons (Fsp3) is 0.462. The summed E-state index contributed by atoms with van der Waals surface area (Å²) < 4.78 is 0. The van der Waals surface area contributed by atoms with Crippen molar-refractivity contribution in [3.05, 3.63) is 30.1 Å². The van der Waals surface area contributed by atoms with Crippen molar-refractivity contribution in [2.24, 2.45) is 0 Å². The van der Waals surface area contributed by atoms with Crippen LogP contribution in [0.2, 0.25) is 0 Å². The van der Waals surface area contributed by atoms with Crippen molar-refractivity contribution in [2.45, 2.75) is 19.3 Å². The van der Waals surface area contributed by atoms with E-state index in [1.807, 2.05) is 12.1 Å². The molecule has 3 nitrogen and oxygen atoms in total. The predicted molar refractivity (Wildman–Crippen MR) is 67.6 cm³/mol. The van der Waals surface area contributed by atoms with Crippen molar-refractivity contribution in [3.8, 4) is 0 Å². The standard InChI is InChI=1S/C13H19N3/c1-16(2)10-6-5-9-13-14-11-7-3-4-8-12(11)15-13/h3-4,7-8H,5-6,9-10H2,1-2H3,(H,14,15). The van der Waals surface area contributed by atoms with Gasteiger partial charge in [-0.05, 0) is 45.6 Å². The number of nitrogens with one attached hydrogen (secondary N) is 1. The van der Waals surface area contributed by atoms with Gasteiger partial charge in [0.2, 0.25) is 0 Å². The molecule has 2 aromatic rings. The molecule has 0 unspecified atom stereocenters. The molecular formula is C13H19N3. The molecule has 0 saturated heterocycles. The van der Waals surface area contributed by atoms with Crippen LogP contribution in [0.5, 0.6) is 0 Å².